The van der Waals surface area contributed by atoms with E-state index in [0.29, 0.717) is 0 Å². The van der Waals surface area contributed by atoms with Crippen LogP contribution in [0.4, 0.5) is 0 Å². The fourth-order valence-corrected chi connectivity index (χ4v) is 2.30. The summed E-state index contributed by atoms with van der Waals surface area (Å²) in [7, 11) is 0. The standard InChI is InChI=1S/C13H17IO/c1-12(7-8-12)13(2,15)9-10-3-5-11(14)6-4-10/h3-6,15H,7-9H2,1-2H3. The van der Waals surface area contributed by atoms with Crippen LogP contribution >= 0.6 is 22.6 Å². The first-order chi connectivity index (χ1) is 6.93. The third-order valence-corrected chi connectivity index (χ3v) is 4.48. The SMILES string of the molecule is CC(O)(Cc1ccc(I)cc1)C1(C)CC1. The normalized spacial score (nSPS) is 22.1. The van der Waals surface area contributed by atoms with E-state index in [4.69, 9.17) is 0 Å². The highest BCUT2D eigenvalue weighted by Crippen LogP contribution is 2.54. The third kappa shape index (κ3) is 2.36. The van der Waals surface area contributed by atoms with Gasteiger partial charge in [-0.2, -0.15) is 0 Å². The Kier molecular flexibility index (Phi) is 2.84. The van der Waals surface area contributed by atoms with Crippen molar-refractivity contribution in [3.8, 4) is 0 Å². The summed E-state index contributed by atoms with van der Waals surface area (Å²) < 4.78 is 1.24. The second-order valence-electron chi connectivity index (χ2n) is 5.14. The molecule has 1 aromatic rings. The van der Waals surface area contributed by atoms with Gasteiger partial charge in [0.15, 0.2) is 0 Å². The zero-order valence-electron chi connectivity index (χ0n) is 9.26. The van der Waals surface area contributed by atoms with Crippen LogP contribution in [0.15, 0.2) is 24.3 Å². The smallest absolute Gasteiger partial charge is 0.0713 e. The van der Waals surface area contributed by atoms with E-state index in [-0.39, 0.29) is 5.41 Å². The van der Waals surface area contributed by atoms with Gasteiger partial charge < -0.3 is 5.11 Å². The van der Waals surface area contributed by atoms with Crippen molar-refractivity contribution in [3.05, 3.63) is 33.4 Å². The Morgan fingerprint density at radius 3 is 2.33 bits per heavy atom. The van der Waals surface area contributed by atoms with Crippen LogP contribution in [0.25, 0.3) is 0 Å². The van der Waals surface area contributed by atoms with Gasteiger partial charge in [-0.1, -0.05) is 19.1 Å². The predicted octanol–water partition coefficient (Wildman–Crippen LogP) is 3.38. The minimum absolute atomic E-state index is 0.149. The number of rotatable bonds is 3. The molecule has 1 atom stereocenters. The molecule has 2 heteroatoms. The highest BCUT2D eigenvalue weighted by Gasteiger charge is 2.51. The van der Waals surface area contributed by atoms with Gasteiger partial charge in [-0.25, -0.2) is 0 Å². The first-order valence-corrected chi connectivity index (χ1v) is 6.48. The minimum Gasteiger partial charge on any atom is -0.389 e. The van der Waals surface area contributed by atoms with Crippen LogP contribution < -0.4 is 0 Å². The highest BCUT2D eigenvalue weighted by molar-refractivity contribution is 14.1. The van der Waals surface area contributed by atoms with Crippen molar-refractivity contribution in [3.63, 3.8) is 0 Å². The van der Waals surface area contributed by atoms with Gasteiger partial charge in [0, 0.05) is 9.99 Å². The van der Waals surface area contributed by atoms with Crippen LogP contribution in [0.1, 0.15) is 32.3 Å². The lowest BCUT2D eigenvalue weighted by Crippen LogP contribution is -2.36. The second kappa shape index (κ2) is 3.74. The summed E-state index contributed by atoms with van der Waals surface area (Å²) in [5, 5.41) is 10.4. The van der Waals surface area contributed by atoms with Crippen molar-refractivity contribution in [2.24, 2.45) is 5.41 Å². The summed E-state index contributed by atoms with van der Waals surface area (Å²) in [6, 6.07) is 8.42. The number of aliphatic hydroxyl groups is 1. The molecule has 1 fully saturated rings. The van der Waals surface area contributed by atoms with Crippen LogP contribution in [0.5, 0.6) is 0 Å². The maximum Gasteiger partial charge on any atom is 0.0713 e. The Bertz CT molecular complexity index is 349. The molecule has 0 heterocycles. The Morgan fingerprint density at radius 2 is 1.87 bits per heavy atom. The summed E-state index contributed by atoms with van der Waals surface area (Å²) in [6.45, 7) is 4.15. The van der Waals surface area contributed by atoms with Crippen molar-refractivity contribution < 1.29 is 5.11 Å². The van der Waals surface area contributed by atoms with Gasteiger partial charge in [-0.05, 0) is 65.5 Å². The molecule has 82 valence electrons. The van der Waals surface area contributed by atoms with Gasteiger partial charge in [0.1, 0.15) is 0 Å². The Labute approximate surface area is 105 Å². The predicted molar refractivity (Wildman–Crippen MR) is 70.8 cm³/mol. The first-order valence-electron chi connectivity index (χ1n) is 5.40. The van der Waals surface area contributed by atoms with E-state index in [1.54, 1.807) is 0 Å². The molecule has 1 unspecified atom stereocenters. The molecular formula is C13H17IO. The van der Waals surface area contributed by atoms with Crippen molar-refractivity contribution >= 4 is 22.6 Å². The molecule has 0 saturated heterocycles. The monoisotopic (exact) mass is 316 g/mol. The average Bonchev–Trinajstić information content (AvgIpc) is 2.89. The third-order valence-electron chi connectivity index (χ3n) is 3.76. The molecule has 0 bridgehead atoms. The highest BCUT2D eigenvalue weighted by atomic mass is 127. The van der Waals surface area contributed by atoms with Crippen LogP contribution in [0, 0.1) is 8.99 Å². The topological polar surface area (TPSA) is 20.2 Å². The minimum atomic E-state index is -0.556. The quantitative estimate of drug-likeness (QED) is 0.848. The summed E-state index contributed by atoms with van der Waals surface area (Å²) in [6.07, 6.45) is 3.08. The summed E-state index contributed by atoms with van der Waals surface area (Å²) >= 11 is 2.30. The maximum absolute atomic E-state index is 10.4. The zero-order valence-corrected chi connectivity index (χ0v) is 11.4. The van der Waals surface area contributed by atoms with Gasteiger partial charge >= 0.3 is 0 Å². The number of hydrogen-bond acceptors (Lipinski definition) is 1. The van der Waals surface area contributed by atoms with Gasteiger partial charge in [0.2, 0.25) is 0 Å². The van der Waals surface area contributed by atoms with Crippen LogP contribution in [-0.2, 0) is 6.42 Å². The molecule has 0 spiro atoms. The van der Waals surface area contributed by atoms with Gasteiger partial charge in [0.25, 0.3) is 0 Å². The van der Waals surface area contributed by atoms with E-state index in [0.717, 1.165) is 19.3 Å². The van der Waals surface area contributed by atoms with Crippen molar-refractivity contribution in [1.82, 2.24) is 0 Å². The Hall–Kier alpha value is -0.0900. The van der Waals surface area contributed by atoms with Gasteiger partial charge in [-0.15, -0.1) is 0 Å². The molecule has 2 rings (SSSR count). The molecule has 1 aromatic carbocycles. The van der Waals surface area contributed by atoms with E-state index < -0.39 is 5.60 Å². The average molecular weight is 316 g/mol. The largest absolute Gasteiger partial charge is 0.389 e. The lowest BCUT2D eigenvalue weighted by atomic mass is 9.82. The molecule has 1 N–H and O–H groups in total. The molecule has 0 radical (unpaired) electrons. The van der Waals surface area contributed by atoms with E-state index in [2.05, 4.69) is 53.8 Å². The summed E-state index contributed by atoms with van der Waals surface area (Å²) in [5.41, 5.74) is 0.823. The van der Waals surface area contributed by atoms with Crippen molar-refractivity contribution in [1.29, 1.82) is 0 Å². The fourth-order valence-electron chi connectivity index (χ4n) is 1.94. The van der Waals surface area contributed by atoms with E-state index in [1.807, 2.05) is 6.92 Å². The zero-order chi connectivity index (χ0) is 11.1. The van der Waals surface area contributed by atoms with Gasteiger partial charge in [-0.3, -0.25) is 0 Å². The molecule has 15 heavy (non-hydrogen) atoms. The fraction of sp³-hybridized carbons (Fsp3) is 0.538. The van der Waals surface area contributed by atoms with E-state index in [9.17, 15) is 5.11 Å². The second-order valence-corrected chi connectivity index (χ2v) is 6.38. The van der Waals surface area contributed by atoms with Crippen LogP contribution in [-0.4, -0.2) is 10.7 Å². The lowest BCUT2D eigenvalue weighted by molar-refractivity contribution is -0.00702. The molecule has 1 saturated carbocycles. The summed E-state index contributed by atoms with van der Waals surface area (Å²) in [5.74, 6) is 0. The molecule has 0 aliphatic heterocycles. The van der Waals surface area contributed by atoms with E-state index >= 15 is 0 Å². The first kappa shape index (κ1) is 11.4. The number of benzene rings is 1. The summed E-state index contributed by atoms with van der Waals surface area (Å²) in [4.78, 5) is 0. The van der Waals surface area contributed by atoms with Crippen LogP contribution in [0.2, 0.25) is 0 Å². The molecule has 0 aromatic heterocycles. The maximum atomic E-state index is 10.4. The molecule has 1 aliphatic rings. The van der Waals surface area contributed by atoms with Crippen LogP contribution in [0.3, 0.4) is 0 Å². The Balaban J connectivity index is 2.11. The molecular weight excluding hydrogens is 299 g/mol. The van der Waals surface area contributed by atoms with Gasteiger partial charge in [0.05, 0.1) is 5.60 Å². The van der Waals surface area contributed by atoms with Crippen molar-refractivity contribution in [2.75, 3.05) is 0 Å². The number of hydrogen-bond donors (Lipinski definition) is 1. The molecule has 1 nitrogen and oxygen atoms in total. The number of halogens is 1. The molecule has 1 aliphatic carbocycles. The van der Waals surface area contributed by atoms with Crippen molar-refractivity contribution in [2.45, 2.75) is 38.7 Å². The molecule has 0 amide bonds. The Morgan fingerprint density at radius 1 is 1.33 bits per heavy atom. The van der Waals surface area contributed by atoms with E-state index in [1.165, 1.54) is 9.13 Å². The lowest BCUT2D eigenvalue weighted by Gasteiger charge is -2.30.